The van der Waals surface area contributed by atoms with Gasteiger partial charge in [-0.05, 0) is 50.4 Å². The van der Waals surface area contributed by atoms with Crippen molar-refractivity contribution in [1.29, 1.82) is 0 Å². The maximum Gasteiger partial charge on any atom is 0.295 e. The minimum Gasteiger partial charge on any atom is -0.307 e. The van der Waals surface area contributed by atoms with Crippen LogP contribution in [0.3, 0.4) is 0 Å². The SMILES string of the molecule is O=C(CBr)C12CC3CC(CC(O[N+](=O)[O-])(C3)C1)C2. The van der Waals surface area contributed by atoms with Crippen LogP contribution >= 0.6 is 15.9 Å². The summed E-state index contributed by atoms with van der Waals surface area (Å²) in [7, 11) is 0. The maximum absolute atomic E-state index is 12.2. The number of ketones is 1. The van der Waals surface area contributed by atoms with Crippen molar-refractivity contribution in [3.8, 4) is 0 Å². The van der Waals surface area contributed by atoms with Crippen molar-refractivity contribution in [2.45, 2.75) is 44.1 Å². The van der Waals surface area contributed by atoms with Gasteiger partial charge >= 0.3 is 0 Å². The molecular weight excluding hydrogens is 302 g/mol. The predicted molar refractivity (Wildman–Crippen MR) is 66.7 cm³/mol. The molecule has 5 nitrogen and oxygen atoms in total. The summed E-state index contributed by atoms with van der Waals surface area (Å²) in [5.41, 5.74) is -1.03. The van der Waals surface area contributed by atoms with Crippen LogP contribution in [-0.2, 0) is 9.63 Å². The molecule has 0 aromatic heterocycles. The zero-order valence-corrected chi connectivity index (χ0v) is 11.6. The molecule has 6 heteroatoms. The molecule has 0 aromatic carbocycles. The lowest BCUT2D eigenvalue weighted by molar-refractivity contribution is -0.785. The van der Waals surface area contributed by atoms with Crippen LogP contribution in [0, 0.1) is 27.4 Å². The number of carbonyl (C=O) groups excluding carboxylic acids is 1. The minimum atomic E-state index is -0.675. The molecule has 0 aromatic rings. The van der Waals surface area contributed by atoms with Crippen LogP contribution in [0.25, 0.3) is 0 Å². The standard InChI is InChI=1S/C12H16BrNO4/c13-6-10(15)11-2-8-1-9(3-11)5-12(4-8,7-11)18-14(16)17/h8-9H,1-7H2. The summed E-state index contributed by atoms with van der Waals surface area (Å²) in [4.78, 5) is 28.0. The van der Waals surface area contributed by atoms with E-state index in [0.717, 1.165) is 32.1 Å². The number of carbonyl (C=O) groups is 1. The van der Waals surface area contributed by atoms with Crippen LogP contribution < -0.4 is 0 Å². The quantitative estimate of drug-likeness (QED) is 0.454. The molecule has 4 rings (SSSR count). The van der Waals surface area contributed by atoms with Gasteiger partial charge in [0.15, 0.2) is 0 Å². The second kappa shape index (κ2) is 3.92. The van der Waals surface area contributed by atoms with Gasteiger partial charge in [-0.3, -0.25) is 4.79 Å². The number of Topliss-reactive ketones (excluding diaryl/α,β-unsaturated/α-hetero) is 1. The highest BCUT2D eigenvalue weighted by Crippen LogP contribution is 2.63. The molecular formula is C12H16BrNO4. The van der Waals surface area contributed by atoms with E-state index in [-0.39, 0.29) is 11.2 Å². The van der Waals surface area contributed by atoms with Crippen molar-refractivity contribution in [1.82, 2.24) is 0 Å². The Morgan fingerprint density at radius 2 is 1.94 bits per heavy atom. The van der Waals surface area contributed by atoms with Crippen LogP contribution in [0.5, 0.6) is 0 Å². The molecule has 18 heavy (non-hydrogen) atoms. The summed E-state index contributed by atoms with van der Waals surface area (Å²) in [5.74, 6) is 1.05. The van der Waals surface area contributed by atoms with E-state index in [4.69, 9.17) is 4.84 Å². The summed E-state index contributed by atoms with van der Waals surface area (Å²) < 4.78 is 0. The van der Waals surface area contributed by atoms with E-state index < -0.39 is 10.7 Å². The Morgan fingerprint density at radius 1 is 1.33 bits per heavy atom. The summed E-state index contributed by atoms with van der Waals surface area (Å²) in [6, 6.07) is 0. The molecule has 0 radical (unpaired) electrons. The van der Waals surface area contributed by atoms with Crippen molar-refractivity contribution in [3.05, 3.63) is 10.1 Å². The average molecular weight is 318 g/mol. The lowest BCUT2D eigenvalue weighted by Crippen LogP contribution is -2.59. The van der Waals surface area contributed by atoms with Crippen molar-refractivity contribution in [3.63, 3.8) is 0 Å². The Balaban J connectivity index is 1.92. The summed E-state index contributed by atoms with van der Waals surface area (Å²) >= 11 is 3.25. The molecule has 0 heterocycles. The maximum atomic E-state index is 12.2. The molecule has 0 N–H and O–H groups in total. The third kappa shape index (κ3) is 1.76. The van der Waals surface area contributed by atoms with Gasteiger partial charge in [0.25, 0.3) is 5.09 Å². The molecule has 100 valence electrons. The highest BCUT2D eigenvalue weighted by molar-refractivity contribution is 9.09. The van der Waals surface area contributed by atoms with E-state index in [1.54, 1.807) is 0 Å². The Hall–Kier alpha value is -0.650. The van der Waals surface area contributed by atoms with Crippen LogP contribution in [0.2, 0.25) is 0 Å². The molecule has 2 unspecified atom stereocenters. The largest absolute Gasteiger partial charge is 0.307 e. The van der Waals surface area contributed by atoms with Crippen molar-refractivity contribution >= 4 is 21.7 Å². The first-order valence-electron chi connectivity index (χ1n) is 6.40. The van der Waals surface area contributed by atoms with Gasteiger partial charge in [0.05, 0.1) is 5.33 Å². The highest BCUT2D eigenvalue weighted by atomic mass is 79.9. The second-order valence-electron chi connectivity index (χ2n) is 6.30. The van der Waals surface area contributed by atoms with Gasteiger partial charge in [0.2, 0.25) is 0 Å². The molecule has 0 spiro atoms. The van der Waals surface area contributed by atoms with Gasteiger partial charge in [0, 0.05) is 5.41 Å². The fourth-order valence-corrected chi connectivity index (χ4v) is 5.51. The fraction of sp³-hybridized carbons (Fsp3) is 0.917. The first-order chi connectivity index (χ1) is 8.47. The van der Waals surface area contributed by atoms with E-state index in [9.17, 15) is 14.9 Å². The van der Waals surface area contributed by atoms with Crippen molar-refractivity contribution in [2.24, 2.45) is 17.3 Å². The summed E-state index contributed by atoms with van der Waals surface area (Å²) in [5, 5.41) is 10.4. The molecule has 4 aliphatic rings. The molecule has 4 aliphatic carbocycles. The van der Waals surface area contributed by atoms with Crippen LogP contribution in [-0.4, -0.2) is 21.8 Å². The zero-order valence-electron chi connectivity index (χ0n) is 10.1. The van der Waals surface area contributed by atoms with Crippen LogP contribution in [0.1, 0.15) is 38.5 Å². The van der Waals surface area contributed by atoms with E-state index in [0.29, 0.717) is 23.6 Å². The summed E-state index contributed by atoms with van der Waals surface area (Å²) in [6.45, 7) is 0. The number of halogens is 1. The lowest BCUT2D eigenvalue weighted by Gasteiger charge is -2.59. The zero-order chi connectivity index (χ0) is 13.0. The number of hydrogen-bond acceptors (Lipinski definition) is 4. The minimum absolute atomic E-state index is 0.202. The molecule has 2 atom stereocenters. The van der Waals surface area contributed by atoms with E-state index in [1.807, 2.05) is 0 Å². The predicted octanol–water partition coefficient (Wildman–Crippen LogP) is 2.50. The van der Waals surface area contributed by atoms with Gasteiger partial charge in [0.1, 0.15) is 11.4 Å². The first-order valence-corrected chi connectivity index (χ1v) is 7.52. The van der Waals surface area contributed by atoms with E-state index >= 15 is 0 Å². The third-order valence-electron chi connectivity index (χ3n) is 4.99. The summed E-state index contributed by atoms with van der Waals surface area (Å²) in [6.07, 6.45) is 4.95. The molecule has 4 saturated carbocycles. The van der Waals surface area contributed by atoms with E-state index in [2.05, 4.69) is 15.9 Å². The highest BCUT2D eigenvalue weighted by Gasteiger charge is 2.61. The van der Waals surface area contributed by atoms with Gasteiger partial charge in [-0.25, -0.2) is 0 Å². The lowest BCUT2D eigenvalue weighted by atomic mass is 9.47. The van der Waals surface area contributed by atoms with Crippen molar-refractivity contribution < 1.29 is 14.7 Å². The number of hydrogen-bond donors (Lipinski definition) is 0. The first kappa shape index (κ1) is 12.4. The van der Waals surface area contributed by atoms with Gasteiger partial charge in [-0.1, -0.05) is 15.9 Å². The Bertz CT molecular complexity index is 397. The number of alkyl halides is 1. The Kier molecular flexibility index (Phi) is 2.70. The van der Waals surface area contributed by atoms with Gasteiger partial charge < -0.3 is 4.84 Å². The average Bonchev–Trinajstić information content (AvgIpc) is 2.24. The Morgan fingerprint density at radius 3 is 2.44 bits per heavy atom. The Labute approximate surface area is 113 Å². The van der Waals surface area contributed by atoms with Gasteiger partial charge in [-0.15, -0.1) is 10.1 Å². The fourth-order valence-electron chi connectivity index (χ4n) is 4.91. The smallest absolute Gasteiger partial charge is 0.295 e. The van der Waals surface area contributed by atoms with Crippen molar-refractivity contribution in [2.75, 3.05) is 5.33 Å². The van der Waals surface area contributed by atoms with E-state index in [1.165, 1.54) is 0 Å². The van der Waals surface area contributed by atoms with Gasteiger partial charge in [-0.2, -0.15) is 0 Å². The van der Waals surface area contributed by atoms with Crippen LogP contribution in [0.4, 0.5) is 0 Å². The topological polar surface area (TPSA) is 69.4 Å². The molecule has 4 bridgehead atoms. The number of nitrogens with zero attached hydrogens (tertiary/aromatic N) is 1. The van der Waals surface area contributed by atoms with Crippen LogP contribution in [0.15, 0.2) is 0 Å². The molecule has 0 aliphatic heterocycles. The molecule has 4 fully saturated rings. The molecule has 0 saturated heterocycles. The molecule has 0 amide bonds. The normalized spacial score (nSPS) is 44.9. The monoisotopic (exact) mass is 317 g/mol. The second-order valence-corrected chi connectivity index (χ2v) is 6.86. The number of rotatable bonds is 4. The third-order valence-corrected chi connectivity index (χ3v) is 5.50.